The Morgan fingerprint density at radius 2 is 1.60 bits per heavy atom. The summed E-state index contributed by atoms with van der Waals surface area (Å²) in [5, 5.41) is 9.61. The summed E-state index contributed by atoms with van der Waals surface area (Å²) < 4.78 is 87.8. The Bertz CT molecular complexity index is 1930. The second-order valence-electron chi connectivity index (χ2n) is 9.91. The van der Waals surface area contributed by atoms with Gasteiger partial charge >= 0.3 is 6.18 Å². The van der Waals surface area contributed by atoms with Crippen LogP contribution in [0.2, 0.25) is 0 Å². The number of hydrogen-bond donors (Lipinski definition) is 1. The molecule has 12 heteroatoms. The largest absolute Gasteiger partial charge is 0.440 e. The highest BCUT2D eigenvalue weighted by Gasteiger charge is 2.35. The Balaban J connectivity index is 1.80. The van der Waals surface area contributed by atoms with Gasteiger partial charge in [-0.2, -0.15) is 13.2 Å². The number of aryl methyl sites for hydroxylation is 3. The van der Waals surface area contributed by atoms with Crippen molar-refractivity contribution in [2.75, 3.05) is 6.26 Å². The molecule has 218 valence electrons. The van der Waals surface area contributed by atoms with Crippen molar-refractivity contribution >= 4 is 9.84 Å². The van der Waals surface area contributed by atoms with E-state index in [4.69, 9.17) is 4.42 Å². The third-order valence-electron chi connectivity index (χ3n) is 6.78. The lowest BCUT2D eigenvalue weighted by atomic mass is 9.97. The fourth-order valence-electron chi connectivity index (χ4n) is 4.74. The van der Waals surface area contributed by atoms with E-state index in [1.165, 1.54) is 29.7 Å². The summed E-state index contributed by atoms with van der Waals surface area (Å²) in [6, 6.07) is 14.4. The van der Waals surface area contributed by atoms with Crippen molar-refractivity contribution in [2.24, 2.45) is 0 Å². The quantitative estimate of drug-likeness (QED) is 0.215. The summed E-state index contributed by atoms with van der Waals surface area (Å²) in [5.41, 5.74) is 1.69. The fourth-order valence-corrected chi connectivity index (χ4v) is 5.69. The highest BCUT2D eigenvalue weighted by atomic mass is 32.2. The third-order valence-corrected chi connectivity index (χ3v) is 7.94. The van der Waals surface area contributed by atoms with Crippen molar-refractivity contribution in [1.29, 1.82) is 0 Å². The van der Waals surface area contributed by atoms with E-state index in [0.29, 0.717) is 34.0 Å². The molecule has 0 spiro atoms. The number of halogens is 4. The summed E-state index contributed by atoms with van der Waals surface area (Å²) >= 11 is 0. The van der Waals surface area contributed by atoms with Gasteiger partial charge in [0.05, 0.1) is 17.2 Å². The minimum Gasteiger partial charge on any atom is -0.440 e. The summed E-state index contributed by atoms with van der Waals surface area (Å²) in [7, 11) is -3.92. The number of aromatic nitrogens is 3. The zero-order valence-corrected chi connectivity index (χ0v) is 23.7. The van der Waals surface area contributed by atoms with E-state index in [1.54, 1.807) is 13.0 Å². The second-order valence-corrected chi connectivity index (χ2v) is 11.9. The number of alkyl halides is 3. The lowest BCUT2D eigenvalue weighted by Crippen LogP contribution is -2.06. The predicted octanol–water partition coefficient (Wildman–Crippen LogP) is 6.84. The topological polar surface area (TPSA) is 98.2 Å². The van der Waals surface area contributed by atoms with Gasteiger partial charge in [-0.15, -0.1) is 0 Å². The molecular formula is C30H25F4N3O4S. The molecule has 0 amide bonds. The van der Waals surface area contributed by atoms with Gasteiger partial charge in [0.1, 0.15) is 17.3 Å². The number of rotatable bonds is 6. The first-order chi connectivity index (χ1) is 19.7. The highest BCUT2D eigenvalue weighted by Crippen LogP contribution is 2.40. The van der Waals surface area contributed by atoms with Crippen LogP contribution in [0.25, 0.3) is 39.4 Å². The first-order valence-electron chi connectivity index (χ1n) is 12.6. The van der Waals surface area contributed by atoms with Crippen LogP contribution in [0, 0.1) is 26.6 Å². The number of sulfone groups is 1. The minimum absolute atomic E-state index is 0.0612. The molecule has 7 nitrogen and oxygen atoms in total. The lowest BCUT2D eigenvalue weighted by molar-refractivity contribution is -0.141. The molecule has 1 N–H and O–H groups in total. The van der Waals surface area contributed by atoms with Crippen LogP contribution in [0.1, 0.15) is 28.5 Å². The minimum atomic E-state index is -4.68. The standard InChI is InChI=1S/C30H25F4N3O4S/c1-16-5-7-19(8-6-16)29-28(36-18(3)41-29)22-11-20(21-12-24(31)23(15-38)26(13-21)42(4,39)40)9-10-25(22)37-14-27(30(32,33)34)35-17(37)2/h5-14,38H,15H2,1-4H3. The SMILES string of the molecule is Cc1ccc(-c2oc(C)nc2-c2cc(-c3cc(F)c(CO)c(S(C)(=O)=O)c3)ccc2-n2cc(C(F)(F)F)nc2C)cc1. The van der Waals surface area contributed by atoms with Crippen molar-refractivity contribution in [3.8, 4) is 39.4 Å². The van der Waals surface area contributed by atoms with Gasteiger partial charge in [0.15, 0.2) is 27.2 Å². The van der Waals surface area contributed by atoms with Crippen molar-refractivity contribution in [3.05, 3.63) is 95.1 Å². The molecule has 0 unspecified atom stereocenters. The van der Waals surface area contributed by atoms with E-state index in [1.807, 2.05) is 31.2 Å². The average molecular weight is 600 g/mol. The Hall–Kier alpha value is -4.29. The smallest absolute Gasteiger partial charge is 0.434 e. The number of hydrogen-bond acceptors (Lipinski definition) is 6. The molecule has 0 atom stereocenters. The third kappa shape index (κ3) is 5.47. The van der Waals surface area contributed by atoms with Gasteiger partial charge in [0, 0.05) is 36.1 Å². The van der Waals surface area contributed by atoms with Crippen LogP contribution < -0.4 is 0 Å². The predicted molar refractivity (Wildman–Crippen MR) is 148 cm³/mol. The molecule has 0 aliphatic heterocycles. The fraction of sp³-hybridized carbons (Fsp3) is 0.200. The van der Waals surface area contributed by atoms with Gasteiger partial charge in [0.25, 0.3) is 0 Å². The van der Waals surface area contributed by atoms with Gasteiger partial charge in [-0.25, -0.2) is 22.8 Å². The Labute approximate surface area is 239 Å². The maximum absolute atomic E-state index is 15.0. The van der Waals surface area contributed by atoms with E-state index >= 15 is 4.39 Å². The van der Waals surface area contributed by atoms with E-state index in [0.717, 1.165) is 24.1 Å². The Morgan fingerprint density at radius 1 is 0.929 bits per heavy atom. The molecule has 3 aromatic carbocycles. The van der Waals surface area contributed by atoms with Crippen molar-refractivity contribution in [2.45, 2.75) is 38.4 Å². The van der Waals surface area contributed by atoms with E-state index in [-0.39, 0.29) is 27.5 Å². The van der Waals surface area contributed by atoms with Crippen molar-refractivity contribution in [1.82, 2.24) is 14.5 Å². The van der Waals surface area contributed by atoms with Crippen LogP contribution in [0.5, 0.6) is 0 Å². The monoisotopic (exact) mass is 599 g/mol. The van der Waals surface area contributed by atoms with Gasteiger partial charge in [0.2, 0.25) is 0 Å². The number of benzene rings is 3. The van der Waals surface area contributed by atoms with Crippen molar-refractivity contribution in [3.63, 3.8) is 0 Å². The maximum atomic E-state index is 15.0. The highest BCUT2D eigenvalue weighted by molar-refractivity contribution is 7.90. The van der Waals surface area contributed by atoms with Crippen LogP contribution in [-0.4, -0.2) is 34.3 Å². The van der Waals surface area contributed by atoms with Gasteiger partial charge in [-0.05, 0) is 49.2 Å². The molecule has 0 saturated heterocycles. The Kier molecular flexibility index (Phi) is 7.32. The summed E-state index contributed by atoms with van der Waals surface area (Å²) in [6.45, 7) is 4.17. The van der Waals surface area contributed by atoms with Crippen LogP contribution in [-0.2, 0) is 22.6 Å². The van der Waals surface area contributed by atoms with Gasteiger partial charge in [-0.3, -0.25) is 0 Å². The molecule has 0 radical (unpaired) electrons. The van der Waals surface area contributed by atoms with Crippen LogP contribution in [0.3, 0.4) is 0 Å². The summed E-state index contributed by atoms with van der Waals surface area (Å²) in [4.78, 5) is 7.88. The number of nitrogens with zero attached hydrogens (tertiary/aromatic N) is 3. The molecule has 0 bridgehead atoms. The molecule has 42 heavy (non-hydrogen) atoms. The first kappa shape index (κ1) is 29.2. The molecule has 5 aromatic rings. The molecule has 0 aliphatic rings. The molecule has 0 aliphatic carbocycles. The molecule has 2 aromatic heterocycles. The van der Waals surface area contributed by atoms with Crippen LogP contribution >= 0.6 is 0 Å². The number of imidazole rings is 1. The van der Waals surface area contributed by atoms with E-state index in [9.17, 15) is 26.7 Å². The first-order valence-corrected chi connectivity index (χ1v) is 14.5. The number of oxazole rings is 1. The van der Waals surface area contributed by atoms with Crippen LogP contribution in [0.15, 0.2) is 70.1 Å². The van der Waals surface area contributed by atoms with Gasteiger partial charge < -0.3 is 14.1 Å². The number of aliphatic hydroxyl groups excluding tert-OH is 1. The summed E-state index contributed by atoms with van der Waals surface area (Å²) in [5.74, 6) is -0.198. The molecule has 0 saturated carbocycles. The zero-order chi connectivity index (χ0) is 30.6. The lowest BCUT2D eigenvalue weighted by Gasteiger charge is -2.15. The Morgan fingerprint density at radius 3 is 2.19 bits per heavy atom. The molecular weight excluding hydrogens is 574 g/mol. The van der Waals surface area contributed by atoms with E-state index in [2.05, 4.69) is 9.97 Å². The molecule has 2 heterocycles. The number of aliphatic hydroxyl groups is 1. The second kappa shape index (κ2) is 10.5. The molecule has 0 fully saturated rings. The van der Waals surface area contributed by atoms with Gasteiger partial charge in [-0.1, -0.05) is 35.9 Å². The zero-order valence-electron chi connectivity index (χ0n) is 22.9. The van der Waals surface area contributed by atoms with Crippen molar-refractivity contribution < 1.29 is 35.5 Å². The summed E-state index contributed by atoms with van der Waals surface area (Å²) in [6.07, 6.45) is -2.89. The average Bonchev–Trinajstić information content (AvgIpc) is 3.50. The maximum Gasteiger partial charge on any atom is 0.434 e. The van der Waals surface area contributed by atoms with Crippen LogP contribution in [0.4, 0.5) is 17.6 Å². The van der Waals surface area contributed by atoms with E-state index < -0.39 is 34.1 Å². The molecule has 5 rings (SSSR count). The normalized spacial score (nSPS) is 12.2.